The first-order chi connectivity index (χ1) is 8.02. The molecule has 0 bridgehead atoms. The lowest BCUT2D eigenvalue weighted by Gasteiger charge is -2.23. The molecule has 1 fully saturated rings. The van der Waals surface area contributed by atoms with Crippen LogP contribution < -0.4 is 10.6 Å². The Kier molecular flexibility index (Phi) is 5.40. The third-order valence-corrected chi connectivity index (χ3v) is 4.12. The predicted molar refractivity (Wildman–Crippen MR) is 64.3 cm³/mol. The fraction of sp³-hybridized carbons (Fsp3) is 0.800. The minimum absolute atomic E-state index is 0.000925. The summed E-state index contributed by atoms with van der Waals surface area (Å²) >= 11 is 0. The van der Waals surface area contributed by atoms with Gasteiger partial charge in [0, 0.05) is 28.3 Å². The minimum Gasteiger partial charge on any atom is -0.480 e. The van der Waals surface area contributed by atoms with Gasteiger partial charge in [-0.25, -0.2) is 9.59 Å². The maximum Gasteiger partial charge on any atom is 0.326 e. The molecule has 1 heterocycles. The molecule has 0 radical (unpaired) electrons. The van der Waals surface area contributed by atoms with Crippen LogP contribution in [0.2, 0.25) is 0 Å². The molecule has 0 spiro atoms. The van der Waals surface area contributed by atoms with Crippen molar-refractivity contribution in [2.24, 2.45) is 0 Å². The van der Waals surface area contributed by atoms with Gasteiger partial charge in [-0.2, -0.15) is 0 Å². The highest BCUT2D eigenvalue weighted by atomic mass is 32.2. The number of hydrogen-bond donors (Lipinski definition) is 3. The van der Waals surface area contributed by atoms with Gasteiger partial charge < -0.3 is 15.7 Å². The molecule has 0 aromatic carbocycles. The van der Waals surface area contributed by atoms with Crippen molar-refractivity contribution in [2.75, 3.05) is 11.5 Å². The van der Waals surface area contributed by atoms with Crippen LogP contribution in [0.25, 0.3) is 0 Å². The fourth-order valence-electron chi connectivity index (χ4n) is 1.66. The van der Waals surface area contributed by atoms with Gasteiger partial charge in [-0.1, -0.05) is 6.92 Å². The quantitative estimate of drug-likeness (QED) is 0.667. The Bertz CT molecular complexity index is 311. The smallest absolute Gasteiger partial charge is 0.326 e. The normalized spacial score (nSPS) is 25.9. The molecule has 17 heavy (non-hydrogen) atoms. The molecule has 1 saturated heterocycles. The third kappa shape index (κ3) is 4.72. The number of nitrogens with one attached hydrogen (secondary N) is 2. The van der Waals surface area contributed by atoms with E-state index in [1.807, 2.05) is 0 Å². The van der Waals surface area contributed by atoms with E-state index in [4.69, 9.17) is 5.11 Å². The molecule has 7 heteroatoms. The number of rotatable bonds is 4. The van der Waals surface area contributed by atoms with Crippen molar-refractivity contribution in [3.8, 4) is 0 Å². The van der Waals surface area contributed by atoms with Crippen molar-refractivity contribution < 1.29 is 18.9 Å². The van der Waals surface area contributed by atoms with Gasteiger partial charge >= 0.3 is 12.0 Å². The van der Waals surface area contributed by atoms with Crippen LogP contribution in [0.5, 0.6) is 0 Å². The lowest BCUT2D eigenvalue weighted by molar-refractivity contribution is -0.139. The van der Waals surface area contributed by atoms with Gasteiger partial charge in [-0.15, -0.1) is 0 Å². The van der Waals surface area contributed by atoms with Crippen LogP contribution in [0.1, 0.15) is 26.2 Å². The molecule has 2 amide bonds. The molecule has 1 atom stereocenters. The molecule has 1 rings (SSSR count). The van der Waals surface area contributed by atoms with Gasteiger partial charge in [0.1, 0.15) is 6.04 Å². The Hall–Kier alpha value is -1.11. The Morgan fingerprint density at radius 3 is 2.47 bits per heavy atom. The molecule has 1 unspecified atom stereocenters. The molecule has 1 aliphatic heterocycles. The number of amides is 2. The van der Waals surface area contributed by atoms with Gasteiger partial charge in [0.2, 0.25) is 0 Å². The van der Waals surface area contributed by atoms with Crippen molar-refractivity contribution >= 4 is 22.8 Å². The summed E-state index contributed by atoms with van der Waals surface area (Å²) in [7, 11) is -0.761. The molecule has 3 N–H and O–H groups in total. The number of carboxylic acid groups (broad SMARTS) is 1. The summed E-state index contributed by atoms with van der Waals surface area (Å²) in [5, 5.41) is 13.9. The first kappa shape index (κ1) is 14.0. The van der Waals surface area contributed by atoms with Gasteiger partial charge in [0.05, 0.1) is 0 Å². The van der Waals surface area contributed by atoms with Crippen LogP contribution in [-0.2, 0) is 15.6 Å². The second kappa shape index (κ2) is 6.58. The van der Waals surface area contributed by atoms with E-state index >= 15 is 0 Å². The zero-order chi connectivity index (χ0) is 12.8. The molecule has 0 aromatic rings. The molecule has 6 nitrogen and oxygen atoms in total. The summed E-state index contributed by atoms with van der Waals surface area (Å²) in [5.74, 6) is 0.162. The highest BCUT2D eigenvalue weighted by Gasteiger charge is 2.22. The van der Waals surface area contributed by atoms with E-state index < -0.39 is 28.8 Å². The van der Waals surface area contributed by atoms with E-state index in [1.54, 1.807) is 6.92 Å². The van der Waals surface area contributed by atoms with Crippen LogP contribution in [0.15, 0.2) is 0 Å². The van der Waals surface area contributed by atoms with Crippen LogP contribution >= 0.6 is 0 Å². The highest BCUT2D eigenvalue weighted by molar-refractivity contribution is 7.85. The molecular weight excluding hydrogens is 244 g/mol. The van der Waals surface area contributed by atoms with Crippen molar-refractivity contribution in [1.29, 1.82) is 0 Å². The lowest BCUT2D eigenvalue weighted by atomic mass is 10.1. The highest BCUT2D eigenvalue weighted by Crippen LogP contribution is 2.08. The number of aliphatic carboxylic acids is 1. The minimum atomic E-state index is -1.03. The first-order valence-electron chi connectivity index (χ1n) is 5.67. The molecule has 0 saturated carbocycles. The van der Waals surface area contributed by atoms with Crippen LogP contribution in [0.4, 0.5) is 4.79 Å². The maximum atomic E-state index is 11.5. The van der Waals surface area contributed by atoms with Crippen molar-refractivity contribution in [3.63, 3.8) is 0 Å². The number of carbonyl (C=O) groups excluding carboxylic acids is 1. The van der Waals surface area contributed by atoms with Gasteiger partial charge in [-0.3, -0.25) is 4.21 Å². The van der Waals surface area contributed by atoms with E-state index in [0.717, 1.165) is 0 Å². The van der Waals surface area contributed by atoms with Crippen molar-refractivity contribution in [3.05, 3.63) is 0 Å². The number of carboxylic acids is 1. The molecule has 98 valence electrons. The van der Waals surface area contributed by atoms with Crippen LogP contribution in [-0.4, -0.2) is 44.9 Å². The van der Waals surface area contributed by atoms with Crippen molar-refractivity contribution in [2.45, 2.75) is 38.3 Å². The SMILES string of the molecule is CCC(NC(=O)NC1CCS(=O)CC1)C(=O)O. The molecule has 1 aliphatic rings. The van der Waals surface area contributed by atoms with Crippen LogP contribution in [0, 0.1) is 0 Å². The van der Waals surface area contributed by atoms with E-state index in [9.17, 15) is 13.8 Å². The Labute approximate surface area is 103 Å². The number of hydrogen-bond acceptors (Lipinski definition) is 3. The standard InChI is InChI=1S/C10H18N2O4S/c1-2-8(9(13)14)12-10(15)11-7-3-5-17(16)6-4-7/h7-8H,2-6H2,1H3,(H,13,14)(H2,11,12,15). The van der Waals surface area contributed by atoms with E-state index in [-0.39, 0.29) is 6.04 Å². The predicted octanol–water partition coefficient (Wildman–Crippen LogP) is 0.0599. The summed E-state index contributed by atoms with van der Waals surface area (Å²) in [5.41, 5.74) is 0. The second-order valence-corrected chi connectivity index (χ2v) is 5.74. The Balaban J connectivity index is 2.34. The summed E-state index contributed by atoms with van der Waals surface area (Å²) in [6, 6.07) is -1.32. The van der Waals surface area contributed by atoms with E-state index in [2.05, 4.69) is 10.6 Å². The average molecular weight is 262 g/mol. The molecule has 0 aromatic heterocycles. The van der Waals surface area contributed by atoms with E-state index in [1.165, 1.54) is 0 Å². The largest absolute Gasteiger partial charge is 0.480 e. The Morgan fingerprint density at radius 2 is 2.00 bits per heavy atom. The fourth-order valence-corrected chi connectivity index (χ4v) is 2.96. The summed E-state index contributed by atoms with van der Waals surface area (Å²) < 4.78 is 11.1. The first-order valence-corrected chi connectivity index (χ1v) is 7.16. The van der Waals surface area contributed by atoms with Gasteiger partial charge in [0.25, 0.3) is 0 Å². The molecule has 0 aliphatic carbocycles. The monoisotopic (exact) mass is 262 g/mol. The molecular formula is C10H18N2O4S. The average Bonchev–Trinajstić information content (AvgIpc) is 2.28. The zero-order valence-electron chi connectivity index (χ0n) is 9.77. The summed E-state index contributed by atoms with van der Waals surface area (Å²) in [6.45, 7) is 1.70. The number of carbonyl (C=O) groups is 2. The zero-order valence-corrected chi connectivity index (χ0v) is 10.6. The van der Waals surface area contributed by atoms with Gasteiger partial charge in [-0.05, 0) is 19.3 Å². The summed E-state index contributed by atoms with van der Waals surface area (Å²) in [4.78, 5) is 22.2. The second-order valence-electron chi connectivity index (χ2n) is 4.04. The topological polar surface area (TPSA) is 95.5 Å². The lowest BCUT2D eigenvalue weighted by Crippen LogP contribution is -2.50. The summed E-state index contributed by atoms with van der Waals surface area (Å²) in [6.07, 6.45) is 1.71. The van der Waals surface area contributed by atoms with Crippen LogP contribution in [0.3, 0.4) is 0 Å². The maximum absolute atomic E-state index is 11.5. The van der Waals surface area contributed by atoms with Gasteiger partial charge in [0.15, 0.2) is 0 Å². The number of urea groups is 1. The van der Waals surface area contributed by atoms with E-state index in [0.29, 0.717) is 30.8 Å². The third-order valence-electron chi connectivity index (χ3n) is 2.73. The Morgan fingerprint density at radius 1 is 1.41 bits per heavy atom. The van der Waals surface area contributed by atoms with Crippen molar-refractivity contribution in [1.82, 2.24) is 10.6 Å².